The fourth-order valence-corrected chi connectivity index (χ4v) is 3.81. The zero-order valence-corrected chi connectivity index (χ0v) is 15.7. The van der Waals surface area contributed by atoms with Gasteiger partial charge < -0.3 is 4.90 Å². The maximum atomic E-state index is 12.8. The van der Waals surface area contributed by atoms with Gasteiger partial charge in [-0.3, -0.25) is 9.36 Å². The highest BCUT2D eigenvalue weighted by molar-refractivity contribution is 5.97. The Morgan fingerprint density at radius 2 is 1.85 bits per heavy atom. The van der Waals surface area contributed by atoms with Gasteiger partial charge in [-0.05, 0) is 62.4 Å². The first-order chi connectivity index (χ1) is 12.5. The SMILES string of the molecule is Cc1ccc(-n2cnc3cc(C(=O)N4CCC(C)CC4)ccc32)c(C)c1. The monoisotopic (exact) mass is 347 g/mol. The zero-order chi connectivity index (χ0) is 18.3. The number of imidazole rings is 1. The quantitative estimate of drug-likeness (QED) is 0.684. The van der Waals surface area contributed by atoms with Crippen molar-refractivity contribution >= 4 is 16.9 Å². The molecule has 0 saturated carbocycles. The van der Waals surface area contributed by atoms with Gasteiger partial charge in [-0.15, -0.1) is 0 Å². The number of hydrogen-bond acceptors (Lipinski definition) is 2. The van der Waals surface area contributed by atoms with Crippen molar-refractivity contribution < 1.29 is 4.79 Å². The summed E-state index contributed by atoms with van der Waals surface area (Å²) in [6.45, 7) is 8.18. The van der Waals surface area contributed by atoms with Gasteiger partial charge in [0.1, 0.15) is 6.33 Å². The van der Waals surface area contributed by atoms with Crippen LogP contribution in [0.25, 0.3) is 16.7 Å². The summed E-state index contributed by atoms with van der Waals surface area (Å²) in [7, 11) is 0. The minimum absolute atomic E-state index is 0.125. The average molecular weight is 347 g/mol. The first-order valence-electron chi connectivity index (χ1n) is 9.37. The van der Waals surface area contributed by atoms with E-state index in [2.05, 4.69) is 48.5 Å². The Labute approximate surface area is 154 Å². The van der Waals surface area contributed by atoms with Crippen molar-refractivity contribution in [3.63, 3.8) is 0 Å². The number of rotatable bonds is 2. The van der Waals surface area contributed by atoms with Gasteiger partial charge >= 0.3 is 0 Å². The standard InChI is InChI=1S/C22H25N3O/c1-15-8-10-24(11-9-15)22(26)18-5-7-21-19(13-18)23-14-25(21)20-6-4-16(2)12-17(20)3/h4-7,12-15H,8-11H2,1-3H3. The van der Waals surface area contributed by atoms with E-state index in [1.165, 1.54) is 11.1 Å². The smallest absolute Gasteiger partial charge is 0.253 e. The van der Waals surface area contributed by atoms with Crippen LogP contribution in [0.4, 0.5) is 0 Å². The van der Waals surface area contributed by atoms with Crippen LogP contribution in [0.2, 0.25) is 0 Å². The summed E-state index contributed by atoms with van der Waals surface area (Å²) < 4.78 is 2.10. The summed E-state index contributed by atoms with van der Waals surface area (Å²) in [6, 6.07) is 12.3. The maximum Gasteiger partial charge on any atom is 0.253 e. The van der Waals surface area contributed by atoms with Gasteiger partial charge in [0.2, 0.25) is 0 Å². The molecule has 1 aliphatic heterocycles. The lowest BCUT2D eigenvalue weighted by Crippen LogP contribution is -2.37. The number of fused-ring (bicyclic) bond motifs is 1. The third kappa shape index (κ3) is 3.00. The molecular weight excluding hydrogens is 322 g/mol. The summed E-state index contributed by atoms with van der Waals surface area (Å²) in [4.78, 5) is 19.3. The highest BCUT2D eigenvalue weighted by Gasteiger charge is 2.22. The maximum absolute atomic E-state index is 12.8. The molecular formula is C22H25N3O. The Bertz CT molecular complexity index is 965. The number of amides is 1. The van der Waals surface area contributed by atoms with E-state index in [1.54, 1.807) is 0 Å². The molecule has 3 aromatic rings. The molecule has 2 aromatic carbocycles. The van der Waals surface area contributed by atoms with E-state index >= 15 is 0 Å². The van der Waals surface area contributed by atoms with Crippen LogP contribution in [0, 0.1) is 19.8 Å². The van der Waals surface area contributed by atoms with Gasteiger partial charge in [-0.1, -0.05) is 24.6 Å². The number of aromatic nitrogens is 2. The second-order valence-corrected chi connectivity index (χ2v) is 7.58. The molecule has 1 saturated heterocycles. The molecule has 0 bridgehead atoms. The molecule has 2 heterocycles. The van der Waals surface area contributed by atoms with Crippen LogP contribution in [0.3, 0.4) is 0 Å². The molecule has 0 N–H and O–H groups in total. The summed E-state index contributed by atoms with van der Waals surface area (Å²) in [5.41, 5.74) is 6.22. The van der Waals surface area contributed by atoms with E-state index < -0.39 is 0 Å². The largest absolute Gasteiger partial charge is 0.339 e. The average Bonchev–Trinajstić information content (AvgIpc) is 3.05. The van der Waals surface area contributed by atoms with Crippen LogP contribution in [-0.2, 0) is 0 Å². The molecule has 1 aromatic heterocycles. The normalized spacial score (nSPS) is 15.6. The molecule has 4 rings (SSSR count). The second-order valence-electron chi connectivity index (χ2n) is 7.58. The lowest BCUT2D eigenvalue weighted by molar-refractivity contribution is 0.0697. The highest BCUT2D eigenvalue weighted by atomic mass is 16.2. The van der Waals surface area contributed by atoms with Gasteiger partial charge in [-0.25, -0.2) is 4.98 Å². The third-order valence-electron chi connectivity index (χ3n) is 5.48. The van der Waals surface area contributed by atoms with Crippen molar-refractivity contribution in [3.05, 3.63) is 59.4 Å². The number of nitrogens with zero attached hydrogens (tertiary/aromatic N) is 3. The molecule has 0 spiro atoms. The Kier molecular flexibility index (Phi) is 4.27. The Morgan fingerprint density at radius 3 is 2.58 bits per heavy atom. The Morgan fingerprint density at radius 1 is 1.08 bits per heavy atom. The highest BCUT2D eigenvalue weighted by Crippen LogP contribution is 2.24. The van der Waals surface area contributed by atoms with Crippen molar-refractivity contribution in [2.24, 2.45) is 5.92 Å². The predicted octanol–water partition coefficient (Wildman–Crippen LogP) is 4.51. The van der Waals surface area contributed by atoms with Gasteiger partial charge in [0.15, 0.2) is 0 Å². The van der Waals surface area contributed by atoms with Crippen molar-refractivity contribution in [1.82, 2.24) is 14.5 Å². The molecule has 0 aliphatic carbocycles. The van der Waals surface area contributed by atoms with Crippen molar-refractivity contribution in [2.75, 3.05) is 13.1 Å². The van der Waals surface area contributed by atoms with E-state index in [0.717, 1.165) is 54.1 Å². The van der Waals surface area contributed by atoms with Crippen molar-refractivity contribution in [3.8, 4) is 5.69 Å². The molecule has 0 radical (unpaired) electrons. The van der Waals surface area contributed by atoms with E-state index in [9.17, 15) is 4.79 Å². The summed E-state index contributed by atoms with van der Waals surface area (Å²) >= 11 is 0. The topological polar surface area (TPSA) is 38.1 Å². The van der Waals surface area contributed by atoms with E-state index in [-0.39, 0.29) is 5.91 Å². The zero-order valence-electron chi connectivity index (χ0n) is 15.7. The Balaban J connectivity index is 1.66. The van der Waals surface area contributed by atoms with Crippen LogP contribution in [-0.4, -0.2) is 33.4 Å². The van der Waals surface area contributed by atoms with E-state index in [1.807, 2.05) is 29.4 Å². The number of aryl methyl sites for hydroxylation is 2. The van der Waals surface area contributed by atoms with Gasteiger partial charge in [0.25, 0.3) is 5.91 Å². The van der Waals surface area contributed by atoms with Gasteiger partial charge in [0.05, 0.1) is 16.7 Å². The molecule has 4 heteroatoms. The fraction of sp³-hybridized carbons (Fsp3) is 0.364. The number of hydrogen-bond donors (Lipinski definition) is 0. The minimum atomic E-state index is 0.125. The first kappa shape index (κ1) is 16.8. The second kappa shape index (κ2) is 6.60. The van der Waals surface area contributed by atoms with Crippen LogP contribution in [0.15, 0.2) is 42.7 Å². The minimum Gasteiger partial charge on any atom is -0.339 e. The summed E-state index contributed by atoms with van der Waals surface area (Å²) in [5.74, 6) is 0.842. The molecule has 134 valence electrons. The van der Waals surface area contributed by atoms with Crippen LogP contribution < -0.4 is 0 Å². The lowest BCUT2D eigenvalue weighted by atomic mass is 9.98. The summed E-state index contributed by atoms with van der Waals surface area (Å²) in [6.07, 6.45) is 4.03. The number of piperidine rings is 1. The third-order valence-corrected chi connectivity index (χ3v) is 5.48. The molecule has 1 fully saturated rings. The van der Waals surface area contributed by atoms with E-state index in [0.29, 0.717) is 0 Å². The van der Waals surface area contributed by atoms with E-state index in [4.69, 9.17) is 0 Å². The molecule has 0 unspecified atom stereocenters. The van der Waals surface area contributed by atoms with Crippen molar-refractivity contribution in [2.45, 2.75) is 33.6 Å². The number of carbonyl (C=O) groups excluding carboxylic acids is 1. The van der Waals surface area contributed by atoms with Crippen LogP contribution >= 0.6 is 0 Å². The van der Waals surface area contributed by atoms with Crippen LogP contribution in [0.5, 0.6) is 0 Å². The molecule has 26 heavy (non-hydrogen) atoms. The molecule has 0 atom stereocenters. The van der Waals surface area contributed by atoms with Crippen LogP contribution in [0.1, 0.15) is 41.3 Å². The molecule has 4 nitrogen and oxygen atoms in total. The molecule has 1 amide bonds. The fourth-order valence-electron chi connectivity index (χ4n) is 3.81. The van der Waals surface area contributed by atoms with Gasteiger partial charge in [-0.2, -0.15) is 0 Å². The van der Waals surface area contributed by atoms with Crippen molar-refractivity contribution in [1.29, 1.82) is 0 Å². The predicted molar refractivity (Wildman–Crippen MR) is 105 cm³/mol. The lowest BCUT2D eigenvalue weighted by Gasteiger charge is -2.30. The number of likely N-dealkylation sites (tertiary alicyclic amines) is 1. The Hall–Kier alpha value is -2.62. The first-order valence-corrected chi connectivity index (χ1v) is 9.37. The van der Waals surface area contributed by atoms with Gasteiger partial charge in [0, 0.05) is 18.7 Å². The molecule has 1 aliphatic rings. The number of benzene rings is 2. The summed E-state index contributed by atoms with van der Waals surface area (Å²) in [5, 5.41) is 0. The number of carbonyl (C=O) groups is 1.